The first-order valence-electron chi connectivity index (χ1n) is 5.15. The van der Waals surface area contributed by atoms with E-state index in [0.717, 1.165) is 4.47 Å². The van der Waals surface area contributed by atoms with Gasteiger partial charge in [0.15, 0.2) is 0 Å². The van der Waals surface area contributed by atoms with Crippen LogP contribution in [0.4, 0.5) is 11.4 Å². The minimum atomic E-state index is 0.636. The second-order valence-corrected chi connectivity index (χ2v) is 5.04. The molecular weight excluding hydrogens is 240 g/mol. The molecule has 0 spiro atoms. The van der Waals surface area contributed by atoms with Crippen molar-refractivity contribution in [1.82, 2.24) is 0 Å². The molecule has 74 valence electrons. The highest BCUT2D eigenvalue weighted by Crippen LogP contribution is 2.36. The Hall–Kier alpha value is -0.700. The second kappa shape index (κ2) is 3.16. The van der Waals surface area contributed by atoms with Gasteiger partial charge in [-0.15, -0.1) is 0 Å². The van der Waals surface area contributed by atoms with Crippen LogP contribution in [0.15, 0.2) is 22.7 Å². The molecule has 1 aliphatic heterocycles. The molecule has 1 heterocycles. The molecule has 0 aromatic heterocycles. The topological polar surface area (TPSA) is 24.1 Å². The molecule has 1 aliphatic carbocycles. The van der Waals surface area contributed by atoms with Crippen LogP contribution in [0.3, 0.4) is 0 Å². The van der Waals surface area contributed by atoms with Crippen LogP contribution in [0.1, 0.15) is 19.3 Å². The van der Waals surface area contributed by atoms with Crippen molar-refractivity contribution in [1.29, 1.82) is 0 Å². The number of hydrogen-bond acceptors (Lipinski definition) is 2. The quantitative estimate of drug-likeness (QED) is 0.741. The average molecular weight is 253 g/mol. The van der Waals surface area contributed by atoms with E-state index in [0.29, 0.717) is 12.1 Å². The predicted octanol–water partition coefficient (Wildman–Crippen LogP) is 3.21. The molecule has 1 saturated carbocycles. The molecule has 0 radical (unpaired) electrons. The van der Waals surface area contributed by atoms with Crippen LogP contribution >= 0.6 is 15.9 Å². The van der Waals surface area contributed by atoms with Gasteiger partial charge in [-0.1, -0.05) is 15.9 Å². The van der Waals surface area contributed by atoms with E-state index in [1.165, 1.54) is 30.6 Å². The zero-order valence-electron chi connectivity index (χ0n) is 7.89. The Bertz CT molecular complexity index is 364. The van der Waals surface area contributed by atoms with Gasteiger partial charge in [0.25, 0.3) is 0 Å². The number of rotatable bonds is 0. The molecule has 2 nitrogen and oxygen atoms in total. The van der Waals surface area contributed by atoms with Gasteiger partial charge in [-0.05, 0) is 37.5 Å². The summed E-state index contributed by atoms with van der Waals surface area (Å²) in [6.45, 7) is 0. The van der Waals surface area contributed by atoms with Crippen LogP contribution in [-0.4, -0.2) is 12.1 Å². The van der Waals surface area contributed by atoms with Crippen LogP contribution in [0.25, 0.3) is 0 Å². The zero-order valence-corrected chi connectivity index (χ0v) is 9.47. The lowest BCUT2D eigenvalue weighted by Gasteiger charge is -2.31. The number of anilines is 2. The molecule has 2 atom stereocenters. The first-order valence-corrected chi connectivity index (χ1v) is 5.95. The fourth-order valence-corrected chi connectivity index (χ4v) is 2.83. The van der Waals surface area contributed by atoms with Gasteiger partial charge in [0.2, 0.25) is 0 Å². The average Bonchev–Trinajstić information content (AvgIpc) is 2.61. The van der Waals surface area contributed by atoms with Crippen molar-refractivity contribution in [3.8, 4) is 0 Å². The van der Waals surface area contributed by atoms with Crippen molar-refractivity contribution in [3.63, 3.8) is 0 Å². The maximum absolute atomic E-state index is 3.61. The molecule has 14 heavy (non-hydrogen) atoms. The highest BCUT2D eigenvalue weighted by molar-refractivity contribution is 9.10. The van der Waals surface area contributed by atoms with Crippen LogP contribution in [0, 0.1) is 0 Å². The third kappa shape index (κ3) is 1.31. The lowest BCUT2D eigenvalue weighted by atomic mass is 10.1. The monoisotopic (exact) mass is 252 g/mol. The summed E-state index contributed by atoms with van der Waals surface area (Å²) in [6, 6.07) is 7.65. The fraction of sp³-hybridized carbons (Fsp3) is 0.455. The molecule has 1 fully saturated rings. The number of hydrogen-bond donors (Lipinski definition) is 2. The lowest BCUT2D eigenvalue weighted by molar-refractivity contribution is 0.663. The maximum Gasteiger partial charge on any atom is 0.0590 e. The molecule has 1 aromatic rings. The van der Waals surface area contributed by atoms with Crippen LogP contribution in [0.5, 0.6) is 0 Å². The predicted molar refractivity (Wildman–Crippen MR) is 62.8 cm³/mol. The summed E-state index contributed by atoms with van der Waals surface area (Å²) in [4.78, 5) is 0. The summed E-state index contributed by atoms with van der Waals surface area (Å²) in [5.74, 6) is 0. The van der Waals surface area contributed by atoms with E-state index in [4.69, 9.17) is 0 Å². The summed E-state index contributed by atoms with van der Waals surface area (Å²) in [5.41, 5.74) is 2.49. The Morgan fingerprint density at radius 3 is 2.57 bits per heavy atom. The maximum atomic E-state index is 3.61. The van der Waals surface area contributed by atoms with Gasteiger partial charge in [0.05, 0.1) is 11.4 Å². The standard InChI is InChI=1S/C11H13BrN2/c12-7-4-5-10-11(6-7)14-9-3-1-2-8(9)13-10/h4-6,8-9,13-14H,1-3H2. The summed E-state index contributed by atoms with van der Waals surface area (Å²) in [7, 11) is 0. The molecular formula is C11H13BrN2. The van der Waals surface area contributed by atoms with E-state index in [9.17, 15) is 0 Å². The Balaban J connectivity index is 1.97. The largest absolute Gasteiger partial charge is 0.379 e. The molecule has 1 aromatic carbocycles. The minimum Gasteiger partial charge on any atom is -0.379 e. The lowest BCUT2D eigenvalue weighted by Crippen LogP contribution is -2.38. The first-order chi connectivity index (χ1) is 6.83. The molecule has 0 amide bonds. The van der Waals surface area contributed by atoms with Crippen molar-refractivity contribution in [2.75, 3.05) is 10.6 Å². The Morgan fingerprint density at radius 1 is 1.07 bits per heavy atom. The summed E-state index contributed by atoms with van der Waals surface area (Å²) >= 11 is 3.50. The zero-order chi connectivity index (χ0) is 9.54. The van der Waals surface area contributed by atoms with Crippen molar-refractivity contribution >= 4 is 27.3 Å². The van der Waals surface area contributed by atoms with Crippen LogP contribution in [0.2, 0.25) is 0 Å². The third-order valence-corrected chi connectivity index (χ3v) is 3.67. The molecule has 2 unspecified atom stereocenters. The van der Waals surface area contributed by atoms with E-state index in [-0.39, 0.29) is 0 Å². The van der Waals surface area contributed by atoms with Gasteiger partial charge >= 0.3 is 0 Å². The van der Waals surface area contributed by atoms with E-state index in [1.54, 1.807) is 0 Å². The van der Waals surface area contributed by atoms with Gasteiger partial charge in [-0.2, -0.15) is 0 Å². The van der Waals surface area contributed by atoms with Crippen LogP contribution in [-0.2, 0) is 0 Å². The highest BCUT2D eigenvalue weighted by Gasteiger charge is 2.31. The number of fused-ring (bicyclic) bond motifs is 2. The van der Waals surface area contributed by atoms with Gasteiger partial charge < -0.3 is 10.6 Å². The van der Waals surface area contributed by atoms with Crippen molar-refractivity contribution in [2.24, 2.45) is 0 Å². The van der Waals surface area contributed by atoms with E-state index in [1.807, 2.05) is 0 Å². The molecule has 3 rings (SSSR count). The van der Waals surface area contributed by atoms with E-state index >= 15 is 0 Å². The molecule has 3 heteroatoms. The second-order valence-electron chi connectivity index (χ2n) is 4.12. The highest BCUT2D eigenvalue weighted by atomic mass is 79.9. The van der Waals surface area contributed by atoms with Crippen molar-refractivity contribution in [2.45, 2.75) is 31.3 Å². The molecule has 0 saturated heterocycles. The molecule has 0 bridgehead atoms. The summed E-state index contributed by atoms with van der Waals surface area (Å²) in [6.07, 6.45) is 3.93. The number of benzene rings is 1. The van der Waals surface area contributed by atoms with E-state index < -0.39 is 0 Å². The number of nitrogens with one attached hydrogen (secondary N) is 2. The van der Waals surface area contributed by atoms with Gasteiger partial charge in [-0.3, -0.25) is 0 Å². The molecule has 2 aliphatic rings. The van der Waals surface area contributed by atoms with Crippen molar-refractivity contribution < 1.29 is 0 Å². The fourth-order valence-electron chi connectivity index (χ4n) is 2.47. The summed E-state index contributed by atoms with van der Waals surface area (Å²) < 4.78 is 1.14. The van der Waals surface area contributed by atoms with Gasteiger partial charge in [0.1, 0.15) is 0 Å². The first kappa shape index (κ1) is 8.60. The van der Waals surface area contributed by atoms with Crippen molar-refractivity contribution in [3.05, 3.63) is 22.7 Å². The normalized spacial score (nSPS) is 28.6. The van der Waals surface area contributed by atoms with Crippen LogP contribution < -0.4 is 10.6 Å². The summed E-state index contributed by atoms with van der Waals surface area (Å²) in [5, 5.41) is 7.21. The van der Waals surface area contributed by atoms with Gasteiger partial charge in [-0.25, -0.2) is 0 Å². The minimum absolute atomic E-state index is 0.636. The van der Waals surface area contributed by atoms with Gasteiger partial charge in [0, 0.05) is 16.6 Å². The SMILES string of the molecule is Brc1ccc2c(c1)NC1CCCC1N2. The number of halogens is 1. The smallest absolute Gasteiger partial charge is 0.0590 e. The third-order valence-electron chi connectivity index (χ3n) is 3.18. The Morgan fingerprint density at radius 2 is 1.79 bits per heavy atom. The Labute approximate surface area is 92.2 Å². The van der Waals surface area contributed by atoms with E-state index in [2.05, 4.69) is 44.8 Å². The Kier molecular flexibility index (Phi) is 1.94. The molecule has 2 N–H and O–H groups in total.